The van der Waals surface area contributed by atoms with E-state index in [2.05, 4.69) is 20.0 Å². The number of esters is 1. The number of hydrogen-bond donors (Lipinski definition) is 3. The highest BCUT2D eigenvalue weighted by atomic mass is 32.2. The Morgan fingerprint density at radius 1 is 1.19 bits per heavy atom. The number of nitrogens with zero attached hydrogens (tertiary/aromatic N) is 1. The molecule has 1 aliphatic carbocycles. The Bertz CT molecular complexity index is 1280. The number of pyridine rings is 1. The van der Waals surface area contributed by atoms with E-state index in [1.807, 2.05) is 6.07 Å². The predicted molar refractivity (Wildman–Crippen MR) is 117 cm³/mol. The van der Waals surface area contributed by atoms with Gasteiger partial charge in [-0.1, -0.05) is 6.07 Å². The molecule has 0 atom stereocenters. The van der Waals surface area contributed by atoms with E-state index in [0.717, 1.165) is 18.2 Å². The van der Waals surface area contributed by atoms with Gasteiger partial charge in [0.05, 0.1) is 18.4 Å². The normalized spacial score (nSPS) is 13.7. The van der Waals surface area contributed by atoms with Crippen molar-refractivity contribution in [3.63, 3.8) is 0 Å². The number of aromatic amines is 1. The summed E-state index contributed by atoms with van der Waals surface area (Å²) in [5.41, 5.74) is 2.18. The van der Waals surface area contributed by atoms with Crippen LogP contribution < -0.4 is 10.0 Å². The highest BCUT2D eigenvalue weighted by Gasteiger charge is 2.30. The standard InChI is InChI=1S/C21H22N4O5S/c1-3-31(28,29)25-13-6-7-14(17(10-13)21(27)30-2)16-11-18(24-20(26)12-4-5-12)23-19-15(16)8-9-22-19/h6-12,25H,3-5H2,1-2H3,(H2,22,23,24,26). The Balaban J connectivity index is 1.82. The molecule has 0 unspecified atom stereocenters. The van der Waals surface area contributed by atoms with Gasteiger partial charge in [-0.3, -0.25) is 9.52 Å². The van der Waals surface area contributed by atoms with Crippen LogP contribution in [-0.2, 0) is 19.6 Å². The number of hydrogen-bond acceptors (Lipinski definition) is 6. The van der Waals surface area contributed by atoms with E-state index in [-0.39, 0.29) is 28.8 Å². The molecule has 3 aromatic rings. The summed E-state index contributed by atoms with van der Waals surface area (Å²) in [6.45, 7) is 1.52. The lowest BCUT2D eigenvalue weighted by molar-refractivity contribution is -0.117. The molecule has 1 fully saturated rings. The maximum absolute atomic E-state index is 12.5. The van der Waals surface area contributed by atoms with Gasteiger partial charge in [-0.05, 0) is 55.2 Å². The van der Waals surface area contributed by atoms with Crippen molar-refractivity contribution in [1.82, 2.24) is 9.97 Å². The average Bonchev–Trinajstić information content (AvgIpc) is 3.50. The van der Waals surface area contributed by atoms with Gasteiger partial charge in [0.15, 0.2) is 0 Å². The zero-order valence-electron chi connectivity index (χ0n) is 17.1. The molecule has 0 saturated heterocycles. The lowest BCUT2D eigenvalue weighted by Gasteiger charge is -2.14. The van der Waals surface area contributed by atoms with Crippen LogP contribution in [0.5, 0.6) is 0 Å². The van der Waals surface area contributed by atoms with E-state index in [4.69, 9.17) is 4.74 Å². The van der Waals surface area contributed by atoms with Crippen LogP contribution in [0.4, 0.5) is 11.5 Å². The highest BCUT2D eigenvalue weighted by molar-refractivity contribution is 7.92. The molecule has 0 spiro atoms. The number of benzene rings is 1. The van der Waals surface area contributed by atoms with Crippen molar-refractivity contribution >= 4 is 44.4 Å². The molecule has 0 aliphatic heterocycles. The van der Waals surface area contributed by atoms with E-state index in [9.17, 15) is 18.0 Å². The van der Waals surface area contributed by atoms with Crippen LogP contribution in [0, 0.1) is 5.92 Å². The van der Waals surface area contributed by atoms with E-state index in [1.165, 1.54) is 20.1 Å². The van der Waals surface area contributed by atoms with Crippen LogP contribution in [0.25, 0.3) is 22.2 Å². The second-order valence-corrected chi connectivity index (χ2v) is 9.33. The van der Waals surface area contributed by atoms with E-state index in [1.54, 1.807) is 24.4 Å². The van der Waals surface area contributed by atoms with Crippen molar-refractivity contribution in [2.24, 2.45) is 5.92 Å². The van der Waals surface area contributed by atoms with Crippen molar-refractivity contribution in [3.8, 4) is 11.1 Å². The fourth-order valence-electron chi connectivity index (χ4n) is 3.27. The van der Waals surface area contributed by atoms with Crippen LogP contribution in [0.2, 0.25) is 0 Å². The summed E-state index contributed by atoms with van der Waals surface area (Å²) in [5, 5.41) is 3.58. The smallest absolute Gasteiger partial charge is 0.338 e. The number of carbonyl (C=O) groups is 2. The van der Waals surface area contributed by atoms with Crippen LogP contribution in [-0.4, -0.2) is 43.1 Å². The zero-order chi connectivity index (χ0) is 22.2. The summed E-state index contributed by atoms with van der Waals surface area (Å²) in [4.78, 5) is 32.2. The van der Waals surface area contributed by atoms with Crippen LogP contribution in [0.15, 0.2) is 36.5 Å². The van der Waals surface area contributed by atoms with E-state index < -0.39 is 16.0 Å². The number of H-pyrrole nitrogens is 1. The molecular weight excluding hydrogens is 420 g/mol. The molecule has 2 heterocycles. The first-order chi connectivity index (χ1) is 14.8. The first-order valence-corrected chi connectivity index (χ1v) is 11.5. The third-order valence-electron chi connectivity index (χ3n) is 5.10. The molecule has 0 bridgehead atoms. The van der Waals surface area contributed by atoms with Gasteiger partial charge in [0.1, 0.15) is 11.5 Å². The summed E-state index contributed by atoms with van der Waals surface area (Å²) in [6.07, 6.45) is 3.45. The number of fused-ring (bicyclic) bond motifs is 1. The maximum atomic E-state index is 12.5. The number of carbonyl (C=O) groups excluding carboxylic acids is 2. The SMILES string of the molecule is CCS(=O)(=O)Nc1ccc(-c2cc(NC(=O)C3CC3)nc3[nH]ccc23)c(C(=O)OC)c1. The summed E-state index contributed by atoms with van der Waals surface area (Å²) >= 11 is 0. The topological polar surface area (TPSA) is 130 Å². The maximum Gasteiger partial charge on any atom is 0.338 e. The van der Waals surface area contributed by atoms with Crippen molar-refractivity contribution in [2.75, 3.05) is 22.9 Å². The summed E-state index contributed by atoms with van der Waals surface area (Å²) in [5.74, 6) is -0.409. The molecule has 0 radical (unpaired) electrons. The molecule has 3 N–H and O–H groups in total. The number of methoxy groups -OCH3 is 1. The minimum Gasteiger partial charge on any atom is -0.465 e. The Hall–Kier alpha value is -3.40. The van der Waals surface area contributed by atoms with Gasteiger partial charge in [-0.25, -0.2) is 18.2 Å². The molecule has 31 heavy (non-hydrogen) atoms. The summed E-state index contributed by atoms with van der Waals surface area (Å²) in [7, 11) is -2.25. The number of anilines is 2. The first kappa shape index (κ1) is 20.9. The van der Waals surface area contributed by atoms with Gasteiger partial charge >= 0.3 is 5.97 Å². The van der Waals surface area contributed by atoms with Gasteiger partial charge in [0, 0.05) is 23.2 Å². The molecule has 162 valence electrons. The highest BCUT2D eigenvalue weighted by Crippen LogP contribution is 2.35. The molecule has 10 heteroatoms. The molecule has 4 rings (SSSR count). The Kier molecular flexibility index (Phi) is 5.40. The molecule has 1 saturated carbocycles. The van der Waals surface area contributed by atoms with Gasteiger partial charge in [-0.2, -0.15) is 0 Å². The fourth-order valence-corrected chi connectivity index (χ4v) is 3.90. The van der Waals surface area contributed by atoms with Crippen molar-refractivity contribution in [3.05, 3.63) is 42.1 Å². The lowest BCUT2D eigenvalue weighted by Crippen LogP contribution is -2.15. The Labute approximate surface area is 179 Å². The average molecular weight is 442 g/mol. The lowest BCUT2D eigenvalue weighted by atomic mass is 9.97. The summed E-state index contributed by atoms with van der Waals surface area (Å²) < 4.78 is 31.3. The molecule has 1 aromatic carbocycles. The largest absolute Gasteiger partial charge is 0.465 e. The number of nitrogens with one attached hydrogen (secondary N) is 3. The van der Waals surface area contributed by atoms with Crippen LogP contribution >= 0.6 is 0 Å². The van der Waals surface area contributed by atoms with E-state index in [0.29, 0.717) is 22.6 Å². The van der Waals surface area contributed by atoms with E-state index >= 15 is 0 Å². The third-order valence-corrected chi connectivity index (χ3v) is 6.40. The predicted octanol–water partition coefficient (Wildman–Crippen LogP) is 3.13. The minimum atomic E-state index is -3.51. The second-order valence-electron chi connectivity index (χ2n) is 7.32. The third kappa shape index (κ3) is 4.38. The Morgan fingerprint density at radius 2 is 1.97 bits per heavy atom. The molecule has 1 amide bonds. The van der Waals surface area contributed by atoms with Crippen molar-refractivity contribution in [1.29, 1.82) is 0 Å². The molecule has 2 aromatic heterocycles. The first-order valence-electron chi connectivity index (χ1n) is 9.83. The summed E-state index contributed by atoms with van der Waals surface area (Å²) in [6, 6.07) is 8.19. The van der Waals surface area contributed by atoms with Crippen molar-refractivity contribution < 1.29 is 22.7 Å². The van der Waals surface area contributed by atoms with Crippen LogP contribution in [0.3, 0.4) is 0 Å². The van der Waals surface area contributed by atoms with Crippen LogP contribution in [0.1, 0.15) is 30.1 Å². The zero-order valence-corrected chi connectivity index (χ0v) is 17.9. The number of aromatic nitrogens is 2. The van der Waals surface area contributed by atoms with Gasteiger partial charge in [-0.15, -0.1) is 0 Å². The molecule has 9 nitrogen and oxygen atoms in total. The van der Waals surface area contributed by atoms with Crippen molar-refractivity contribution in [2.45, 2.75) is 19.8 Å². The van der Waals surface area contributed by atoms with Gasteiger partial charge in [0.25, 0.3) is 0 Å². The second kappa shape index (κ2) is 8.03. The number of sulfonamides is 1. The number of ether oxygens (including phenoxy) is 1. The minimum absolute atomic E-state index is 0.0149. The fraction of sp³-hybridized carbons (Fsp3) is 0.286. The number of amides is 1. The van der Waals surface area contributed by atoms with Gasteiger partial charge < -0.3 is 15.0 Å². The number of rotatable bonds is 7. The molecular formula is C21H22N4O5S. The monoisotopic (exact) mass is 442 g/mol. The quantitative estimate of drug-likeness (QED) is 0.482. The Morgan fingerprint density at radius 3 is 2.65 bits per heavy atom. The van der Waals surface area contributed by atoms with Gasteiger partial charge in [0.2, 0.25) is 15.9 Å². The molecule has 1 aliphatic rings.